The molecule has 120 valence electrons. The van der Waals surface area contributed by atoms with Crippen molar-refractivity contribution >= 4 is 11.7 Å². The van der Waals surface area contributed by atoms with E-state index >= 15 is 0 Å². The Morgan fingerprint density at radius 1 is 0.913 bits per heavy atom. The summed E-state index contributed by atoms with van der Waals surface area (Å²) in [6.45, 7) is 7.83. The van der Waals surface area contributed by atoms with Gasteiger partial charge < -0.3 is 4.90 Å². The van der Waals surface area contributed by atoms with Gasteiger partial charge in [-0.2, -0.15) is 0 Å². The van der Waals surface area contributed by atoms with Gasteiger partial charge in [0.05, 0.1) is 5.56 Å². The van der Waals surface area contributed by atoms with E-state index < -0.39 is 0 Å². The molecule has 0 spiro atoms. The minimum Gasteiger partial charge on any atom is -0.332 e. The monoisotopic (exact) mass is 310 g/mol. The Balaban J connectivity index is 2.45. The molecule has 4 nitrogen and oxygen atoms in total. The molecule has 0 saturated heterocycles. The highest BCUT2D eigenvalue weighted by atomic mass is 16.2. The lowest BCUT2D eigenvalue weighted by molar-refractivity contribution is 0.0634. The number of benzene rings is 1. The number of ketones is 1. The third-order valence-electron chi connectivity index (χ3n) is 3.64. The van der Waals surface area contributed by atoms with Crippen molar-refractivity contribution in [3.8, 4) is 0 Å². The van der Waals surface area contributed by atoms with E-state index in [2.05, 4.69) is 4.98 Å². The van der Waals surface area contributed by atoms with Crippen molar-refractivity contribution in [1.29, 1.82) is 0 Å². The molecular formula is C19H22N2O2. The van der Waals surface area contributed by atoms with Gasteiger partial charge in [-0.25, -0.2) is 0 Å². The Kier molecular flexibility index (Phi) is 5.27. The van der Waals surface area contributed by atoms with Crippen LogP contribution in [-0.4, -0.2) is 33.7 Å². The zero-order chi connectivity index (χ0) is 17.0. The van der Waals surface area contributed by atoms with Crippen LogP contribution in [0.2, 0.25) is 0 Å². The molecule has 0 N–H and O–H groups in total. The molecule has 23 heavy (non-hydrogen) atoms. The van der Waals surface area contributed by atoms with Gasteiger partial charge in [0.1, 0.15) is 5.69 Å². The van der Waals surface area contributed by atoms with Crippen LogP contribution in [0.25, 0.3) is 0 Å². The maximum atomic E-state index is 12.9. The van der Waals surface area contributed by atoms with Crippen LogP contribution in [0.1, 0.15) is 54.1 Å². The topological polar surface area (TPSA) is 50.3 Å². The minimum absolute atomic E-state index is 0.0317. The molecule has 0 fully saturated rings. The van der Waals surface area contributed by atoms with E-state index in [1.165, 1.54) is 0 Å². The summed E-state index contributed by atoms with van der Waals surface area (Å²) in [7, 11) is 0. The third-order valence-corrected chi connectivity index (χ3v) is 3.64. The molecular weight excluding hydrogens is 288 g/mol. The SMILES string of the molecule is CC(C)N(C(=O)c1ncccc1C(=O)c1ccccc1)C(C)C. The van der Waals surface area contributed by atoms with Crippen molar-refractivity contribution < 1.29 is 9.59 Å². The average molecular weight is 310 g/mol. The summed E-state index contributed by atoms with van der Waals surface area (Å²) in [6.07, 6.45) is 1.55. The molecule has 0 radical (unpaired) electrons. The number of aromatic nitrogens is 1. The molecule has 0 bridgehead atoms. The molecule has 2 aromatic rings. The van der Waals surface area contributed by atoms with Crippen molar-refractivity contribution in [2.45, 2.75) is 39.8 Å². The zero-order valence-corrected chi connectivity index (χ0v) is 14.0. The van der Waals surface area contributed by atoms with E-state index in [1.807, 2.05) is 33.8 Å². The Labute approximate surface area is 137 Å². The number of carbonyl (C=O) groups excluding carboxylic acids is 2. The molecule has 1 amide bonds. The first-order valence-electron chi connectivity index (χ1n) is 7.81. The average Bonchev–Trinajstić information content (AvgIpc) is 2.54. The molecule has 0 unspecified atom stereocenters. The van der Waals surface area contributed by atoms with Gasteiger partial charge in [-0.1, -0.05) is 30.3 Å². The van der Waals surface area contributed by atoms with Gasteiger partial charge in [0.15, 0.2) is 5.78 Å². The van der Waals surface area contributed by atoms with Crippen molar-refractivity contribution in [3.63, 3.8) is 0 Å². The largest absolute Gasteiger partial charge is 0.332 e. The Morgan fingerprint density at radius 3 is 2.09 bits per heavy atom. The molecule has 0 aliphatic heterocycles. The van der Waals surface area contributed by atoms with E-state index in [-0.39, 0.29) is 29.5 Å². The summed E-state index contributed by atoms with van der Waals surface area (Å²) in [5.74, 6) is -0.399. The second-order valence-corrected chi connectivity index (χ2v) is 5.99. The minimum atomic E-state index is -0.213. The standard InChI is InChI=1S/C19H22N2O2/c1-13(2)21(14(3)4)19(23)17-16(11-8-12-20-17)18(22)15-9-6-5-7-10-15/h5-14H,1-4H3. The summed E-state index contributed by atoms with van der Waals surface area (Å²) >= 11 is 0. The molecule has 0 aliphatic carbocycles. The number of rotatable bonds is 5. The number of amides is 1. The predicted octanol–water partition coefficient (Wildman–Crippen LogP) is 3.57. The zero-order valence-electron chi connectivity index (χ0n) is 14.0. The van der Waals surface area contributed by atoms with Gasteiger partial charge in [0.2, 0.25) is 0 Å². The van der Waals surface area contributed by atoms with Gasteiger partial charge in [-0.15, -0.1) is 0 Å². The Hall–Kier alpha value is -2.49. The Bertz CT molecular complexity index is 686. The number of pyridine rings is 1. The fraction of sp³-hybridized carbons (Fsp3) is 0.316. The maximum absolute atomic E-state index is 12.9. The van der Waals surface area contributed by atoms with E-state index in [0.29, 0.717) is 11.1 Å². The molecule has 0 saturated carbocycles. The molecule has 1 aromatic heterocycles. The van der Waals surface area contributed by atoms with Gasteiger partial charge in [0.25, 0.3) is 5.91 Å². The molecule has 2 rings (SSSR count). The van der Waals surface area contributed by atoms with Crippen LogP contribution in [0, 0.1) is 0 Å². The molecule has 0 aliphatic rings. The number of hydrogen-bond donors (Lipinski definition) is 0. The van der Waals surface area contributed by atoms with E-state index in [9.17, 15) is 9.59 Å². The van der Waals surface area contributed by atoms with Gasteiger partial charge in [-0.3, -0.25) is 14.6 Å². The second kappa shape index (κ2) is 7.18. The van der Waals surface area contributed by atoms with E-state index in [1.54, 1.807) is 47.5 Å². The molecule has 1 heterocycles. The number of hydrogen-bond acceptors (Lipinski definition) is 3. The van der Waals surface area contributed by atoms with Crippen LogP contribution in [0.15, 0.2) is 48.7 Å². The van der Waals surface area contributed by atoms with Crippen molar-refractivity contribution in [2.75, 3.05) is 0 Å². The van der Waals surface area contributed by atoms with Crippen molar-refractivity contribution in [3.05, 3.63) is 65.5 Å². The van der Waals surface area contributed by atoms with Gasteiger partial charge in [0, 0.05) is 23.8 Å². The quantitative estimate of drug-likeness (QED) is 0.793. The predicted molar refractivity (Wildman–Crippen MR) is 90.6 cm³/mol. The highest BCUT2D eigenvalue weighted by Gasteiger charge is 2.27. The second-order valence-electron chi connectivity index (χ2n) is 5.99. The Morgan fingerprint density at radius 2 is 1.52 bits per heavy atom. The van der Waals surface area contributed by atoms with Gasteiger partial charge >= 0.3 is 0 Å². The van der Waals surface area contributed by atoms with Crippen LogP contribution in [-0.2, 0) is 0 Å². The van der Waals surface area contributed by atoms with Crippen LogP contribution < -0.4 is 0 Å². The summed E-state index contributed by atoms with van der Waals surface area (Å²) < 4.78 is 0. The third kappa shape index (κ3) is 3.65. The number of carbonyl (C=O) groups is 2. The highest BCUT2D eigenvalue weighted by Crippen LogP contribution is 2.17. The summed E-state index contributed by atoms with van der Waals surface area (Å²) in [6, 6.07) is 12.4. The smallest absolute Gasteiger partial charge is 0.273 e. The lowest BCUT2D eigenvalue weighted by Crippen LogP contribution is -2.43. The fourth-order valence-electron chi connectivity index (χ4n) is 2.69. The first kappa shape index (κ1) is 16.9. The first-order chi connectivity index (χ1) is 10.9. The summed E-state index contributed by atoms with van der Waals surface area (Å²) in [5.41, 5.74) is 1.11. The van der Waals surface area contributed by atoms with Crippen LogP contribution in [0.5, 0.6) is 0 Å². The van der Waals surface area contributed by atoms with Crippen LogP contribution >= 0.6 is 0 Å². The normalized spacial score (nSPS) is 10.9. The summed E-state index contributed by atoms with van der Waals surface area (Å²) in [4.78, 5) is 31.6. The summed E-state index contributed by atoms with van der Waals surface area (Å²) in [5, 5.41) is 0. The highest BCUT2D eigenvalue weighted by molar-refractivity contribution is 6.14. The van der Waals surface area contributed by atoms with Crippen molar-refractivity contribution in [2.24, 2.45) is 0 Å². The van der Waals surface area contributed by atoms with Crippen LogP contribution in [0.3, 0.4) is 0 Å². The molecule has 0 atom stereocenters. The maximum Gasteiger partial charge on any atom is 0.273 e. The molecule has 1 aromatic carbocycles. The van der Waals surface area contributed by atoms with Crippen molar-refractivity contribution in [1.82, 2.24) is 9.88 Å². The lowest BCUT2D eigenvalue weighted by Gasteiger charge is -2.30. The van der Waals surface area contributed by atoms with E-state index in [4.69, 9.17) is 0 Å². The van der Waals surface area contributed by atoms with Gasteiger partial charge in [-0.05, 0) is 39.8 Å². The van der Waals surface area contributed by atoms with E-state index in [0.717, 1.165) is 0 Å². The number of nitrogens with zero attached hydrogens (tertiary/aromatic N) is 2. The lowest BCUT2D eigenvalue weighted by atomic mass is 10.0. The molecule has 4 heteroatoms. The van der Waals surface area contributed by atoms with Crippen LogP contribution in [0.4, 0.5) is 0 Å². The first-order valence-corrected chi connectivity index (χ1v) is 7.81. The fourth-order valence-corrected chi connectivity index (χ4v) is 2.69.